The average Bonchev–Trinajstić information content (AvgIpc) is 2.75. The molecule has 1 amide bonds. The molecule has 0 radical (unpaired) electrons. The Kier molecular flexibility index (Phi) is 8.05. The number of hydrogen-bond donors (Lipinski definition) is 3. The van der Waals surface area contributed by atoms with Crippen LogP contribution in [0.15, 0.2) is 36.5 Å². The molecule has 1 aromatic heterocycles. The number of carbonyl (C=O) groups is 1. The van der Waals surface area contributed by atoms with Crippen LogP contribution in [0.1, 0.15) is 57.9 Å². The van der Waals surface area contributed by atoms with E-state index in [1.807, 2.05) is 43.5 Å². The molecule has 1 fully saturated rings. The minimum absolute atomic E-state index is 0.0513. The van der Waals surface area contributed by atoms with Gasteiger partial charge >= 0.3 is 0 Å². The van der Waals surface area contributed by atoms with Crippen molar-refractivity contribution in [2.45, 2.75) is 65.3 Å². The van der Waals surface area contributed by atoms with Gasteiger partial charge in [0.25, 0.3) is 0 Å². The van der Waals surface area contributed by atoms with Crippen molar-refractivity contribution in [1.82, 2.24) is 9.97 Å². The Morgan fingerprint density at radius 1 is 1.13 bits per heavy atom. The molecule has 1 aliphatic carbocycles. The van der Waals surface area contributed by atoms with Gasteiger partial charge in [-0.25, -0.2) is 4.98 Å². The predicted octanol–water partition coefficient (Wildman–Crippen LogP) is 5.24. The Bertz CT molecular complexity index is 802. The van der Waals surface area contributed by atoms with Gasteiger partial charge in [-0.15, -0.1) is 0 Å². The second-order valence-corrected chi connectivity index (χ2v) is 8.79. The molecule has 1 aliphatic rings. The average molecular weight is 410 g/mol. The van der Waals surface area contributed by atoms with Crippen LogP contribution in [0.2, 0.25) is 0 Å². The van der Waals surface area contributed by atoms with Crippen LogP contribution in [0.4, 0.5) is 17.5 Å². The van der Waals surface area contributed by atoms with Gasteiger partial charge < -0.3 is 16.0 Å². The zero-order valence-corrected chi connectivity index (χ0v) is 18.4. The molecule has 3 rings (SSSR count). The van der Waals surface area contributed by atoms with Crippen molar-refractivity contribution in [2.24, 2.45) is 11.8 Å². The van der Waals surface area contributed by atoms with E-state index >= 15 is 0 Å². The number of amides is 1. The second kappa shape index (κ2) is 11.0. The van der Waals surface area contributed by atoms with Crippen LogP contribution in [0, 0.1) is 18.8 Å². The molecular formula is C24H35N5O. The smallest absolute Gasteiger partial charge is 0.246 e. The second-order valence-electron chi connectivity index (χ2n) is 8.79. The highest BCUT2D eigenvalue weighted by Gasteiger charge is 2.22. The highest BCUT2D eigenvalue weighted by Crippen LogP contribution is 2.24. The van der Waals surface area contributed by atoms with Crippen LogP contribution in [0.25, 0.3) is 0 Å². The summed E-state index contributed by atoms with van der Waals surface area (Å²) in [5, 5.41) is 9.79. The zero-order valence-electron chi connectivity index (χ0n) is 18.4. The fourth-order valence-electron chi connectivity index (χ4n) is 3.92. The van der Waals surface area contributed by atoms with Gasteiger partial charge in [-0.05, 0) is 50.2 Å². The Balaban J connectivity index is 1.67. The summed E-state index contributed by atoms with van der Waals surface area (Å²) in [4.78, 5) is 22.1. The van der Waals surface area contributed by atoms with Crippen LogP contribution in [0.5, 0.6) is 0 Å². The van der Waals surface area contributed by atoms with Crippen LogP contribution in [0.3, 0.4) is 0 Å². The van der Waals surface area contributed by atoms with Gasteiger partial charge in [-0.3, -0.25) is 4.79 Å². The van der Waals surface area contributed by atoms with Gasteiger partial charge in [0.15, 0.2) is 0 Å². The Hall–Kier alpha value is -2.63. The number of anilines is 3. The number of benzene rings is 1. The minimum Gasteiger partial charge on any atom is -0.358 e. The van der Waals surface area contributed by atoms with Crippen LogP contribution < -0.4 is 16.0 Å². The van der Waals surface area contributed by atoms with E-state index in [9.17, 15) is 4.79 Å². The summed E-state index contributed by atoms with van der Waals surface area (Å²) in [7, 11) is 0. The molecule has 0 aliphatic heterocycles. The van der Waals surface area contributed by atoms with Gasteiger partial charge in [0.1, 0.15) is 11.9 Å². The molecule has 0 saturated heterocycles. The number of para-hydroxylation sites is 1. The van der Waals surface area contributed by atoms with Crippen LogP contribution >= 0.6 is 0 Å². The van der Waals surface area contributed by atoms with Crippen molar-refractivity contribution >= 4 is 23.4 Å². The number of rotatable bonds is 9. The van der Waals surface area contributed by atoms with Gasteiger partial charge in [-0.2, -0.15) is 4.98 Å². The van der Waals surface area contributed by atoms with Crippen molar-refractivity contribution in [3.63, 3.8) is 0 Å². The van der Waals surface area contributed by atoms with Crippen LogP contribution in [-0.2, 0) is 4.79 Å². The van der Waals surface area contributed by atoms with E-state index in [0.29, 0.717) is 30.0 Å². The summed E-state index contributed by atoms with van der Waals surface area (Å²) >= 11 is 0. The molecule has 0 bridgehead atoms. The third kappa shape index (κ3) is 6.71. The number of aromatic nitrogens is 2. The van der Waals surface area contributed by atoms with E-state index in [-0.39, 0.29) is 11.9 Å². The number of carbonyl (C=O) groups excluding carboxylic acids is 1. The summed E-state index contributed by atoms with van der Waals surface area (Å²) < 4.78 is 0. The number of nitrogens with zero attached hydrogens (tertiary/aromatic N) is 2. The first-order chi connectivity index (χ1) is 14.5. The molecular weight excluding hydrogens is 374 g/mol. The molecule has 1 heterocycles. The summed E-state index contributed by atoms with van der Waals surface area (Å²) in [6.45, 7) is 7.12. The van der Waals surface area contributed by atoms with Crippen molar-refractivity contribution in [2.75, 3.05) is 22.5 Å². The Morgan fingerprint density at radius 3 is 2.57 bits per heavy atom. The lowest BCUT2D eigenvalue weighted by atomic mass is 9.89. The van der Waals surface area contributed by atoms with Crippen molar-refractivity contribution in [1.29, 1.82) is 0 Å². The first kappa shape index (κ1) is 22.1. The summed E-state index contributed by atoms with van der Waals surface area (Å²) in [6, 6.07) is 9.19. The number of aryl methyl sites for hydroxylation is 1. The lowest BCUT2D eigenvalue weighted by Crippen LogP contribution is -2.36. The molecule has 1 aromatic carbocycles. The molecule has 0 unspecified atom stereocenters. The van der Waals surface area contributed by atoms with E-state index < -0.39 is 0 Å². The SMILES string of the molecule is Cc1cnc(NCC2CCCCC2)nc1N[C@@H](CC(C)C)C(=O)Nc1ccccc1. The maximum absolute atomic E-state index is 12.9. The van der Waals surface area contributed by atoms with Gasteiger partial charge in [-0.1, -0.05) is 51.3 Å². The largest absolute Gasteiger partial charge is 0.358 e. The fraction of sp³-hybridized carbons (Fsp3) is 0.542. The Morgan fingerprint density at radius 2 is 1.87 bits per heavy atom. The quantitative estimate of drug-likeness (QED) is 0.528. The first-order valence-corrected chi connectivity index (χ1v) is 11.2. The number of nitrogens with one attached hydrogen (secondary N) is 3. The molecule has 1 atom stereocenters. The normalized spacial score (nSPS) is 15.6. The van der Waals surface area contributed by atoms with Crippen molar-refractivity contribution in [3.8, 4) is 0 Å². The minimum atomic E-state index is -0.370. The van der Waals surface area contributed by atoms with E-state index in [1.54, 1.807) is 0 Å². The standard InChI is InChI=1S/C24H35N5O/c1-17(2)14-21(23(30)27-20-12-8-5-9-13-20)28-22-18(3)15-25-24(29-22)26-16-19-10-6-4-7-11-19/h5,8-9,12-13,15,17,19,21H,4,6-7,10-11,14,16H2,1-3H3,(H,27,30)(H2,25,26,28,29)/t21-/m0/s1. The third-order valence-corrected chi connectivity index (χ3v) is 5.62. The molecule has 0 spiro atoms. The molecule has 6 nitrogen and oxygen atoms in total. The van der Waals surface area contributed by atoms with E-state index in [2.05, 4.69) is 39.8 Å². The summed E-state index contributed by atoms with van der Waals surface area (Å²) in [5.74, 6) is 2.36. The maximum atomic E-state index is 12.9. The monoisotopic (exact) mass is 409 g/mol. The summed E-state index contributed by atoms with van der Waals surface area (Å²) in [6.07, 6.45) is 9.09. The molecule has 6 heteroatoms. The molecule has 1 saturated carbocycles. The highest BCUT2D eigenvalue weighted by atomic mass is 16.2. The van der Waals surface area contributed by atoms with E-state index in [1.165, 1.54) is 32.1 Å². The molecule has 3 N–H and O–H groups in total. The zero-order chi connectivity index (χ0) is 21.3. The highest BCUT2D eigenvalue weighted by molar-refractivity contribution is 5.96. The Labute approximate surface area is 180 Å². The number of hydrogen-bond acceptors (Lipinski definition) is 5. The molecule has 30 heavy (non-hydrogen) atoms. The fourth-order valence-corrected chi connectivity index (χ4v) is 3.92. The lowest BCUT2D eigenvalue weighted by molar-refractivity contribution is -0.117. The predicted molar refractivity (Wildman–Crippen MR) is 124 cm³/mol. The van der Waals surface area contributed by atoms with Gasteiger partial charge in [0.05, 0.1) is 0 Å². The van der Waals surface area contributed by atoms with E-state index in [0.717, 1.165) is 17.8 Å². The van der Waals surface area contributed by atoms with Crippen LogP contribution in [-0.4, -0.2) is 28.5 Å². The van der Waals surface area contributed by atoms with Crippen molar-refractivity contribution in [3.05, 3.63) is 42.1 Å². The summed E-state index contributed by atoms with van der Waals surface area (Å²) in [5.41, 5.74) is 1.73. The molecule has 2 aromatic rings. The third-order valence-electron chi connectivity index (χ3n) is 5.62. The van der Waals surface area contributed by atoms with Gasteiger partial charge in [0, 0.05) is 24.0 Å². The van der Waals surface area contributed by atoms with Gasteiger partial charge in [0.2, 0.25) is 11.9 Å². The maximum Gasteiger partial charge on any atom is 0.246 e. The molecule has 162 valence electrons. The first-order valence-electron chi connectivity index (χ1n) is 11.2. The van der Waals surface area contributed by atoms with Crippen molar-refractivity contribution < 1.29 is 4.79 Å². The topological polar surface area (TPSA) is 78.9 Å². The van der Waals surface area contributed by atoms with E-state index in [4.69, 9.17) is 0 Å². The lowest BCUT2D eigenvalue weighted by Gasteiger charge is -2.23.